The molecule has 0 atom stereocenters. The predicted molar refractivity (Wildman–Crippen MR) is 69.7 cm³/mol. The minimum Gasteiger partial charge on any atom is -0.342 e. The van der Waals surface area contributed by atoms with Crippen molar-refractivity contribution in [3.05, 3.63) is 39.2 Å². The molecule has 104 valence electrons. The van der Waals surface area contributed by atoms with Crippen LogP contribution in [0.3, 0.4) is 0 Å². The van der Waals surface area contributed by atoms with Gasteiger partial charge < -0.3 is 4.90 Å². The highest BCUT2D eigenvalue weighted by atomic mass is 19.1. The Morgan fingerprint density at radius 3 is 2.63 bits per heavy atom. The average molecular weight is 268 g/mol. The highest BCUT2D eigenvalue weighted by molar-refractivity contribution is 5.95. The highest BCUT2D eigenvalue weighted by Crippen LogP contribution is 2.22. The first kappa shape index (κ1) is 15.1. The van der Waals surface area contributed by atoms with Crippen LogP contribution in [0.5, 0.6) is 0 Å². The molecule has 5 nitrogen and oxygen atoms in total. The van der Waals surface area contributed by atoms with E-state index in [1.165, 1.54) is 11.8 Å². The number of rotatable bonds is 5. The third kappa shape index (κ3) is 3.49. The van der Waals surface area contributed by atoms with Crippen molar-refractivity contribution in [1.29, 1.82) is 0 Å². The molecule has 0 heterocycles. The van der Waals surface area contributed by atoms with Crippen LogP contribution in [0, 0.1) is 22.9 Å². The number of nitro benzene ring substituents is 1. The lowest BCUT2D eigenvalue weighted by molar-refractivity contribution is -0.385. The standard InChI is InChI=1S/C13H17FN2O3/c1-4-5-6-15(3)13(17)11-8-10(16(18)19)7-9(2)12(11)14/h7-8H,4-6H2,1-3H3. The second-order valence-electron chi connectivity index (χ2n) is 4.46. The van der Waals surface area contributed by atoms with E-state index in [2.05, 4.69) is 0 Å². The summed E-state index contributed by atoms with van der Waals surface area (Å²) >= 11 is 0. The molecule has 0 bridgehead atoms. The number of nitro groups is 1. The van der Waals surface area contributed by atoms with Gasteiger partial charge in [-0.05, 0) is 18.9 Å². The number of carbonyl (C=O) groups excluding carboxylic acids is 1. The Morgan fingerprint density at radius 1 is 1.47 bits per heavy atom. The van der Waals surface area contributed by atoms with Crippen LogP contribution in [0.15, 0.2) is 12.1 Å². The summed E-state index contributed by atoms with van der Waals surface area (Å²) in [5, 5.41) is 10.7. The van der Waals surface area contributed by atoms with Crippen LogP contribution >= 0.6 is 0 Å². The SMILES string of the molecule is CCCCN(C)C(=O)c1cc([N+](=O)[O-])cc(C)c1F. The van der Waals surface area contributed by atoms with Crippen LogP contribution in [0.4, 0.5) is 10.1 Å². The van der Waals surface area contributed by atoms with Crippen molar-refractivity contribution in [3.63, 3.8) is 0 Å². The molecule has 0 unspecified atom stereocenters. The number of amides is 1. The van der Waals surface area contributed by atoms with Crippen molar-refractivity contribution >= 4 is 11.6 Å². The maximum Gasteiger partial charge on any atom is 0.270 e. The van der Waals surface area contributed by atoms with Gasteiger partial charge in [-0.1, -0.05) is 13.3 Å². The smallest absolute Gasteiger partial charge is 0.270 e. The second-order valence-corrected chi connectivity index (χ2v) is 4.46. The first-order valence-electron chi connectivity index (χ1n) is 6.08. The van der Waals surface area contributed by atoms with Gasteiger partial charge in [0.05, 0.1) is 10.5 Å². The molecule has 0 saturated carbocycles. The topological polar surface area (TPSA) is 63.5 Å². The predicted octanol–water partition coefficient (Wildman–Crippen LogP) is 2.91. The zero-order chi connectivity index (χ0) is 14.6. The second kappa shape index (κ2) is 6.26. The number of hydrogen-bond donors (Lipinski definition) is 0. The van der Waals surface area contributed by atoms with Gasteiger partial charge in [0.1, 0.15) is 5.82 Å². The fraction of sp³-hybridized carbons (Fsp3) is 0.462. The van der Waals surface area contributed by atoms with E-state index in [4.69, 9.17) is 0 Å². The molecule has 0 spiro atoms. The number of aryl methyl sites for hydroxylation is 1. The lowest BCUT2D eigenvalue weighted by atomic mass is 10.1. The Morgan fingerprint density at radius 2 is 2.11 bits per heavy atom. The van der Waals surface area contributed by atoms with Crippen molar-refractivity contribution in [2.45, 2.75) is 26.7 Å². The quantitative estimate of drug-likeness (QED) is 0.609. The summed E-state index contributed by atoms with van der Waals surface area (Å²) in [4.78, 5) is 23.6. The van der Waals surface area contributed by atoms with E-state index in [1.807, 2.05) is 6.92 Å². The third-order valence-electron chi connectivity index (χ3n) is 2.87. The number of hydrogen-bond acceptors (Lipinski definition) is 3. The number of carbonyl (C=O) groups is 1. The molecule has 0 saturated heterocycles. The summed E-state index contributed by atoms with van der Waals surface area (Å²) in [6, 6.07) is 2.12. The summed E-state index contributed by atoms with van der Waals surface area (Å²) in [7, 11) is 1.56. The van der Waals surface area contributed by atoms with Gasteiger partial charge >= 0.3 is 0 Å². The number of unbranched alkanes of at least 4 members (excludes halogenated alkanes) is 1. The fourth-order valence-electron chi connectivity index (χ4n) is 1.71. The molecule has 0 aliphatic rings. The lowest BCUT2D eigenvalue weighted by Gasteiger charge is -2.17. The van der Waals surface area contributed by atoms with E-state index in [9.17, 15) is 19.3 Å². The third-order valence-corrected chi connectivity index (χ3v) is 2.87. The fourth-order valence-corrected chi connectivity index (χ4v) is 1.71. The molecule has 0 aliphatic carbocycles. The average Bonchev–Trinajstić information content (AvgIpc) is 2.37. The Labute approximate surface area is 111 Å². The Kier molecular flexibility index (Phi) is 4.97. The van der Waals surface area contributed by atoms with Crippen molar-refractivity contribution < 1.29 is 14.1 Å². The molecule has 1 aromatic rings. The molecule has 0 N–H and O–H groups in total. The molecular weight excluding hydrogens is 251 g/mol. The van der Waals surface area contributed by atoms with Gasteiger partial charge in [0.2, 0.25) is 0 Å². The maximum absolute atomic E-state index is 13.9. The summed E-state index contributed by atoms with van der Waals surface area (Å²) in [6.45, 7) is 3.89. The molecular formula is C13H17FN2O3. The molecule has 0 aliphatic heterocycles. The first-order chi connectivity index (χ1) is 8.88. The first-order valence-corrected chi connectivity index (χ1v) is 6.08. The maximum atomic E-state index is 13.9. The van der Waals surface area contributed by atoms with Gasteiger partial charge in [0.25, 0.3) is 11.6 Å². The van der Waals surface area contributed by atoms with Crippen LogP contribution in [0.25, 0.3) is 0 Å². The van der Waals surface area contributed by atoms with Crippen molar-refractivity contribution in [1.82, 2.24) is 4.90 Å². The Bertz CT molecular complexity index is 503. The molecule has 1 rings (SSSR count). The molecule has 0 fully saturated rings. The molecule has 1 amide bonds. The Balaban J connectivity index is 3.11. The van der Waals surface area contributed by atoms with Crippen LogP contribution in [0.1, 0.15) is 35.7 Å². The molecule has 19 heavy (non-hydrogen) atoms. The monoisotopic (exact) mass is 268 g/mol. The van der Waals surface area contributed by atoms with Crippen molar-refractivity contribution in [3.8, 4) is 0 Å². The van der Waals surface area contributed by atoms with Crippen molar-refractivity contribution in [2.24, 2.45) is 0 Å². The largest absolute Gasteiger partial charge is 0.342 e. The summed E-state index contributed by atoms with van der Waals surface area (Å²) < 4.78 is 13.9. The van der Waals surface area contributed by atoms with Gasteiger partial charge in [-0.15, -0.1) is 0 Å². The minimum atomic E-state index is -0.695. The van der Waals surface area contributed by atoms with Crippen LogP contribution < -0.4 is 0 Å². The van der Waals surface area contributed by atoms with E-state index < -0.39 is 16.6 Å². The molecule has 0 radical (unpaired) electrons. The Hall–Kier alpha value is -1.98. The molecule has 6 heteroatoms. The normalized spacial score (nSPS) is 10.3. The molecule has 1 aromatic carbocycles. The summed E-state index contributed by atoms with van der Waals surface area (Å²) in [5.41, 5.74) is -0.419. The van der Waals surface area contributed by atoms with Gasteiger partial charge in [-0.3, -0.25) is 14.9 Å². The van der Waals surface area contributed by atoms with Gasteiger partial charge in [-0.2, -0.15) is 0 Å². The number of non-ortho nitro benzene ring substituents is 1. The van der Waals surface area contributed by atoms with E-state index in [1.54, 1.807) is 7.05 Å². The summed E-state index contributed by atoms with van der Waals surface area (Å²) in [6.07, 6.45) is 1.71. The van der Waals surface area contributed by atoms with Crippen molar-refractivity contribution in [2.75, 3.05) is 13.6 Å². The van der Waals surface area contributed by atoms with E-state index in [-0.39, 0.29) is 16.8 Å². The van der Waals surface area contributed by atoms with E-state index in [0.29, 0.717) is 6.54 Å². The number of benzene rings is 1. The summed E-state index contributed by atoms with van der Waals surface area (Å²) in [5.74, 6) is -1.23. The van der Waals surface area contributed by atoms with Crippen LogP contribution in [-0.2, 0) is 0 Å². The zero-order valence-corrected chi connectivity index (χ0v) is 11.3. The van der Waals surface area contributed by atoms with E-state index >= 15 is 0 Å². The zero-order valence-electron chi connectivity index (χ0n) is 11.3. The van der Waals surface area contributed by atoms with Gasteiger partial charge in [-0.25, -0.2) is 4.39 Å². The van der Waals surface area contributed by atoms with E-state index in [0.717, 1.165) is 25.0 Å². The van der Waals surface area contributed by atoms with Crippen LogP contribution in [0.2, 0.25) is 0 Å². The lowest BCUT2D eigenvalue weighted by Crippen LogP contribution is -2.28. The molecule has 0 aromatic heterocycles. The van der Waals surface area contributed by atoms with Gasteiger partial charge in [0.15, 0.2) is 0 Å². The number of nitrogens with zero attached hydrogens (tertiary/aromatic N) is 2. The van der Waals surface area contributed by atoms with Crippen LogP contribution in [-0.4, -0.2) is 29.3 Å². The van der Waals surface area contributed by atoms with Gasteiger partial charge in [0, 0.05) is 25.7 Å². The highest BCUT2D eigenvalue weighted by Gasteiger charge is 2.21. The minimum absolute atomic E-state index is 0.0986. The number of halogens is 1.